The molecular weight excluding hydrogens is 440 g/mol. The van der Waals surface area contributed by atoms with Crippen molar-refractivity contribution >= 4 is 21.9 Å². The second-order valence-corrected chi connectivity index (χ2v) is 9.71. The number of benzene rings is 1. The Bertz CT molecular complexity index is 926. The van der Waals surface area contributed by atoms with E-state index in [0.717, 1.165) is 0 Å². The van der Waals surface area contributed by atoms with E-state index in [0.29, 0.717) is 37.8 Å². The normalized spacial score (nSPS) is 21.7. The number of carbonyl (C=O) groups is 2. The number of morpholine rings is 1. The van der Waals surface area contributed by atoms with E-state index in [1.807, 2.05) is 13.8 Å². The van der Waals surface area contributed by atoms with Crippen molar-refractivity contribution in [2.75, 3.05) is 32.8 Å². The van der Waals surface area contributed by atoms with Crippen molar-refractivity contribution in [1.82, 2.24) is 9.62 Å². The van der Waals surface area contributed by atoms with Crippen LogP contribution in [0, 0.1) is 0 Å². The first kappa shape index (κ1) is 24.3. The topological polar surface area (TPSA) is 120 Å². The maximum Gasteiger partial charge on any atom is 0.306 e. The summed E-state index contributed by atoms with van der Waals surface area (Å²) >= 11 is 0. The third-order valence-corrected chi connectivity index (χ3v) is 6.52. The quantitative estimate of drug-likeness (QED) is 0.443. The summed E-state index contributed by atoms with van der Waals surface area (Å²) in [5.74, 6) is 0.0615. The van der Waals surface area contributed by atoms with Crippen molar-refractivity contribution in [2.24, 2.45) is 0 Å². The molecule has 2 aliphatic heterocycles. The standard InChI is InChI=1S/C21H30N2O8S/c1-14-12-23(13-15(2)30-14)21(25)16(3)31-20(24)5-4-8-22-32(26,27)17-6-7-18-19(11-17)29-10-9-28-18/h6-7,11,14-16,22H,4-5,8-10,12-13H2,1-3H3. The van der Waals surface area contributed by atoms with Crippen molar-refractivity contribution in [3.63, 3.8) is 0 Å². The number of esters is 1. The summed E-state index contributed by atoms with van der Waals surface area (Å²) in [5.41, 5.74) is 0. The highest BCUT2D eigenvalue weighted by Gasteiger charge is 2.30. The van der Waals surface area contributed by atoms with Crippen LogP contribution in [0.25, 0.3) is 0 Å². The van der Waals surface area contributed by atoms with Gasteiger partial charge in [0.1, 0.15) is 13.2 Å². The number of fused-ring (bicyclic) bond motifs is 1. The Labute approximate surface area is 188 Å². The molecule has 0 radical (unpaired) electrons. The fourth-order valence-corrected chi connectivity index (χ4v) is 4.72. The van der Waals surface area contributed by atoms with Crippen molar-refractivity contribution < 1.29 is 37.0 Å². The number of nitrogens with zero attached hydrogens (tertiary/aromatic N) is 1. The van der Waals surface area contributed by atoms with Crippen LogP contribution >= 0.6 is 0 Å². The molecule has 1 N–H and O–H groups in total. The number of carbonyl (C=O) groups excluding carboxylic acids is 2. The van der Waals surface area contributed by atoms with Crippen LogP contribution in [0.4, 0.5) is 0 Å². The molecule has 3 atom stereocenters. The highest BCUT2D eigenvalue weighted by molar-refractivity contribution is 7.89. The van der Waals surface area contributed by atoms with Crippen molar-refractivity contribution in [2.45, 2.75) is 56.8 Å². The predicted molar refractivity (Wildman–Crippen MR) is 114 cm³/mol. The Morgan fingerprint density at radius 3 is 2.50 bits per heavy atom. The van der Waals surface area contributed by atoms with E-state index >= 15 is 0 Å². The monoisotopic (exact) mass is 470 g/mol. The largest absolute Gasteiger partial charge is 0.486 e. The predicted octanol–water partition coefficient (Wildman–Crippen LogP) is 1.08. The molecule has 0 aliphatic carbocycles. The first-order valence-electron chi connectivity index (χ1n) is 10.7. The van der Waals surface area contributed by atoms with Crippen molar-refractivity contribution in [3.8, 4) is 11.5 Å². The smallest absolute Gasteiger partial charge is 0.306 e. The maximum absolute atomic E-state index is 12.5. The fourth-order valence-electron chi connectivity index (χ4n) is 3.63. The number of sulfonamides is 1. The molecule has 1 amide bonds. The van der Waals surface area contributed by atoms with Crippen molar-refractivity contribution in [3.05, 3.63) is 18.2 Å². The number of nitrogens with one attached hydrogen (secondary N) is 1. The molecule has 1 saturated heterocycles. The Hall–Kier alpha value is -2.37. The average Bonchev–Trinajstić information content (AvgIpc) is 2.75. The van der Waals surface area contributed by atoms with Gasteiger partial charge in [0, 0.05) is 32.1 Å². The van der Waals surface area contributed by atoms with E-state index in [1.54, 1.807) is 11.0 Å². The Kier molecular flexibility index (Phi) is 7.96. The molecule has 1 aromatic rings. The third-order valence-electron chi connectivity index (χ3n) is 5.06. The summed E-state index contributed by atoms with van der Waals surface area (Å²) < 4.78 is 49.0. The summed E-state index contributed by atoms with van der Waals surface area (Å²) in [7, 11) is -3.76. The third kappa shape index (κ3) is 6.33. The second-order valence-electron chi connectivity index (χ2n) is 7.94. The highest BCUT2D eigenvalue weighted by Crippen LogP contribution is 2.32. The molecular formula is C21H30N2O8S. The minimum atomic E-state index is -3.76. The Morgan fingerprint density at radius 2 is 1.81 bits per heavy atom. The van der Waals surface area contributed by atoms with Crippen LogP contribution in [-0.2, 0) is 29.1 Å². The van der Waals surface area contributed by atoms with E-state index in [9.17, 15) is 18.0 Å². The molecule has 2 aliphatic rings. The van der Waals surface area contributed by atoms with E-state index < -0.39 is 22.1 Å². The summed E-state index contributed by atoms with van der Waals surface area (Å²) in [6.45, 7) is 7.04. The molecule has 0 bridgehead atoms. The lowest BCUT2D eigenvalue weighted by Gasteiger charge is -2.36. The first-order chi connectivity index (χ1) is 15.2. The van der Waals surface area contributed by atoms with Gasteiger partial charge in [-0.15, -0.1) is 0 Å². The Morgan fingerprint density at radius 1 is 1.16 bits per heavy atom. The zero-order chi connectivity index (χ0) is 23.3. The molecule has 0 aromatic heterocycles. The van der Waals surface area contributed by atoms with Gasteiger partial charge in [0.05, 0.1) is 17.1 Å². The van der Waals surface area contributed by atoms with Crippen LogP contribution in [0.3, 0.4) is 0 Å². The lowest BCUT2D eigenvalue weighted by atomic mass is 10.2. The van der Waals surface area contributed by atoms with Gasteiger partial charge < -0.3 is 23.8 Å². The van der Waals surface area contributed by atoms with E-state index in [-0.39, 0.29) is 42.4 Å². The van der Waals surface area contributed by atoms with E-state index in [4.69, 9.17) is 18.9 Å². The van der Waals surface area contributed by atoms with Crippen LogP contribution in [-0.4, -0.2) is 76.4 Å². The lowest BCUT2D eigenvalue weighted by molar-refractivity contribution is -0.164. The molecule has 3 unspecified atom stereocenters. The van der Waals surface area contributed by atoms with E-state index in [1.165, 1.54) is 19.1 Å². The number of hydrogen-bond donors (Lipinski definition) is 1. The van der Waals surface area contributed by atoms with Gasteiger partial charge in [-0.25, -0.2) is 13.1 Å². The molecule has 32 heavy (non-hydrogen) atoms. The lowest BCUT2D eigenvalue weighted by Crippen LogP contribution is -2.51. The van der Waals surface area contributed by atoms with E-state index in [2.05, 4.69) is 4.72 Å². The number of ether oxygens (including phenoxy) is 4. The minimum Gasteiger partial charge on any atom is -0.486 e. The average molecular weight is 471 g/mol. The van der Waals surface area contributed by atoms with Gasteiger partial charge in [-0.3, -0.25) is 9.59 Å². The van der Waals surface area contributed by atoms with Crippen LogP contribution in [0.2, 0.25) is 0 Å². The fraction of sp³-hybridized carbons (Fsp3) is 0.619. The van der Waals surface area contributed by atoms with Crippen LogP contribution < -0.4 is 14.2 Å². The zero-order valence-corrected chi connectivity index (χ0v) is 19.4. The molecule has 178 valence electrons. The summed E-state index contributed by atoms with van der Waals surface area (Å²) in [4.78, 5) is 26.3. The van der Waals surface area contributed by atoms with Crippen LogP contribution in [0.15, 0.2) is 23.1 Å². The summed E-state index contributed by atoms with van der Waals surface area (Å²) in [5, 5.41) is 0. The van der Waals surface area contributed by atoms with Gasteiger partial charge in [0.15, 0.2) is 17.6 Å². The SMILES string of the molecule is CC1CN(C(=O)C(C)OC(=O)CCCNS(=O)(=O)c2ccc3c(c2)OCCO3)CC(C)O1. The second kappa shape index (κ2) is 10.5. The van der Waals surface area contributed by atoms with Gasteiger partial charge in [-0.1, -0.05) is 0 Å². The summed E-state index contributed by atoms with van der Waals surface area (Å²) in [6, 6.07) is 4.39. The van der Waals surface area contributed by atoms with Gasteiger partial charge >= 0.3 is 5.97 Å². The van der Waals surface area contributed by atoms with Gasteiger partial charge in [-0.2, -0.15) is 0 Å². The first-order valence-corrected chi connectivity index (χ1v) is 12.2. The van der Waals surface area contributed by atoms with Crippen LogP contribution in [0.1, 0.15) is 33.6 Å². The van der Waals surface area contributed by atoms with Gasteiger partial charge in [0.2, 0.25) is 10.0 Å². The molecule has 10 nitrogen and oxygen atoms in total. The molecule has 2 heterocycles. The molecule has 1 fully saturated rings. The number of hydrogen-bond acceptors (Lipinski definition) is 8. The van der Waals surface area contributed by atoms with Crippen molar-refractivity contribution in [1.29, 1.82) is 0 Å². The Balaban J connectivity index is 1.42. The highest BCUT2D eigenvalue weighted by atomic mass is 32.2. The molecule has 11 heteroatoms. The molecule has 0 saturated carbocycles. The molecule has 0 spiro atoms. The molecule has 3 rings (SSSR count). The van der Waals surface area contributed by atoms with Gasteiger partial charge in [-0.05, 0) is 39.3 Å². The summed E-state index contributed by atoms with van der Waals surface area (Å²) in [6.07, 6.45) is -0.845. The van der Waals surface area contributed by atoms with Gasteiger partial charge in [0.25, 0.3) is 5.91 Å². The minimum absolute atomic E-state index is 0.0167. The van der Waals surface area contributed by atoms with Crippen LogP contribution in [0.5, 0.6) is 11.5 Å². The maximum atomic E-state index is 12.5. The number of amides is 1. The zero-order valence-electron chi connectivity index (χ0n) is 18.5. The molecule has 1 aromatic carbocycles. The number of rotatable bonds is 8.